The molecule has 2 aromatic carbocycles. The zero-order valence-electron chi connectivity index (χ0n) is 14.7. The smallest absolute Gasteiger partial charge is 0.255 e. The predicted molar refractivity (Wildman–Crippen MR) is 108 cm³/mol. The molecule has 0 amide bonds. The molecule has 2 aromatic rings. The number of anilines is 2. The lowest BCUT2D eigenvalue weighted by Gasteiger charge is -2.32. The summed E-state index contributed by atoms with van der Waals surface area (Å²) in [5, 5.41) is 1.80. The first kappa shape index (κ1) is 18.8. The molecule has 0 saturated carbocycles. The van der Waals surface area contributed by atoms with Gasteiger partial charge in [0.15, 0.2) is 0 Å². The Kier molecular flexibility index (Phi) is 5.86. The van der Waals surface area contributed by atoms with E-state index in [2.05, 4.69) is 16.7 Å². The number of piperazine rings is 1. The molecule has 5 nitrogen and oxygen atoms in total. The van der Waals surface area contributed by atoms with E-state index in [0.717, 1.165) is 37.4 Å². The Morgan fingerprint density at radius 2 is 1.73 bits per heavy atom. The van der Waals surface area contributed by atoms with Crippen LogP contribution in [0.4, 0.5) is 11.4 Å². The molecule has 1 aliphatic rings. The molecule has 1 saturated heterocycles. The van der Waals surface area contributed by atoms with Crippen LogP contribution in [-0.4, -0.2) is 41.6 Å². The monoisotopic (exact) mass is 392 g/mol. The molecule has 0 unspecified atom stereocenters. The molecule has 1 heterocycles. The van der Waals surface area contributed by atoms with E-state index in [1.165, 1.54) is 10.3 Å². The number of nitrogens with one attached hydrogen (secondary N) is 2. The van der Waals surface area contributed by atoms with Crippen molar-refractivity contribution in [1.82, 2.24) is 0 Å². The van der Waals surface area contributed by atoms with Crippen molar-refractivity contribution in [3.63, 3.8) is 0 Å². The van der Waals surface area contributed by atoms with E-state index >= 15 is 0 Å². The lowest BCUT2D eigenvalue weighted by Crippen LogP contribution is -3.12. The van der Waals surface area contributed by atoms with E-state index in [4.69, 9.17) is 11.6 Å². The topological polar surface area (TPSA) is 53.9 Å². The molecule has 0 aliphatic carbocycles. The van der Waals surface area contributed by atoms with Gasteiger partial charge in [-0.15, -0.1) is 0 Å². The van der Waals surface area contributed by atoms with Gasteiger partial charge in [0.1, 0.15) is 0 Å². The fourth-order valence-corrected chi connectivity index (χ4v) is 3.90. The Balaban J connectivity index is 1.76. The number of halogens is 1. The predicted octanol–water partition coefficient (Wildman–Crippen LogP) is 2.09. The van der Waals surface area contributed by atoms with Crippen molar-refractivity contribution in [3.05, 3.63) is 64.5 Å². The Labute approximate surface area is 159 Å². The number of quaternary nitrogens is 1. The number of likely N-dealkylation sites (N-methyl/N-ethyl adjacent to an activating group) is 1. The Morgan fingerprint density at radius 1 is 1.08 bits per heavy atom. The normalized spacial score (nSPS) is 16.2. The Hall–Kier alpha value is -2.02. The van der Waals surface area contributed by atoms with Crippen molar-refractivity contribution in [2.75, 3.05) is 42.8 Å². The van der Waals surface area contributed by atoms with Gasteiger partial charge in [-0.3, -0.25) is 4.72 Å². The van der Waals surface area contributed by atoms with E-state index < -0.39 is 10.0 Å². The molecule has 0 atom stereocenters. The van der Waals surface area contributed by atoms with Crippen LogP contribution in [0.25, 0.3) is 6.08 Å². The van der Waals surface area contributed by atoms with Crippen molar-refractivity contribution in [1.29, 1.82) is 0 Å². The van der Waals surface area contributed by atoms with Crippen LogP contribution in [0.3, 0.4) is 0 Å². The molecular weight excluding hydrogens is 370 g/mol. The van der Waals surface area contributed by atoms with Crippen molar-refractivity contribution in [2.45, 2.75) is 0 Å². The third-order valence-corrected chi connectivity index (χ3v) is 5.67. The molecule has 0 bridgehead atoms. The third kappa shape index (κ3) is 5.00. The van der Waals surface area contributed by atoms with Crippen molar-refractivity contribution >= 4 is 39.1 Å². The second-order valence-corrected chi connectivity index (χ2v) is 8.47. The lowest BCUT2D eigenvalue weighted by molar-refractivity contribution is -0.880. The van der Waals surface area contributed by atoms with Gasteiger partial charge < -0.3 is 9.80 Å². The first-order chi connectivity index (χ1) is 12.4. The highest BCUT2D eigenvalue weighted by Gasteiger charge is 2.20. The average molecular weight is 393 g/mol. The third-order valence-electron chi connectivity index (χ3n) is 4.42. The molecule has 1 aliphatic heterocycles. The highest BCUT2D eigenvalue weighted by molar-refractivity contribution is 7.95. The van der Waals surface area contributed by atoms with E-state index in [-0.39, 0.29) is 0 Å². The maximum absolute atomic E-state index is 12.5. The average Bonchev–Trinajstić information content (AvgIpc) is 2.62. The van der Waals surface area contributed by atoms with Crippen LogP contribution in [0.2, 0.25) is 5.02 Å². The molecule has 26 heavy (non-hydrogen) atoms. The molecule has 0 spiro atoms. The fraction of sp³-hybridized carbons (Fsp3) is 0.263. The molecule has 7 heteroatoms. The van der Waals surface area contributed by atoms with Gasteiger partial charge in [0.2, 0.25) is 0 Å². The Morgan fingerprint density at radius 3 is 2.42 bits per heavy atom. The van der Waals surface area contributed by atoms with Crippen LogP contribution in [0.5, 0.6) is 0 Å². The SMILES string of the molecule is C[NH+]1CCN(c2ccccc2NS(=O)(=O)/C=C/c2ccc(Cl)cc2)CC1. The highest BCUT2D eigenvalue weighted by Crippen LogP contribution is 2.26. The number of hydrogen-bond donors (Lipinski definition) is 2. The zero-order chi connectivity index (χ0) is 18.6. The second-order valence-electron chi connectivity index (χ2n) is 6.46. The zero-order valence-corrected chi connectivity index (χ0v) is 16.2. The van der Waals surface area contributed by atoms with Crippen molar-refractivity contribution < 1.29 is 13.3 Å². The maximum Gasteiger partial charge on any atom is 0.255 e. The Bertz CT molecular complexity index is 874. The van der Waals surface area contributed by atoms with Crippen LogP contribution in [0, 0.1) is 0 Å². The van der Waals surface area contributed by atoms with Gasteiger partial charge >= 0.3 is 0 Å². The van der Waals surface area contributed by atoms with Gasteiger partial charge in [-0.25, -0.2) is 8.42 Å². The van der Waals surface area contributed by atoms with Crippen molar-refractivity contribution in [2.24, 2.45) is 0 Å². The van der Waals surface area contributed by atoms with Crippen LogP contribution in [0.15, 0.2) is 53.9 Å². The van der Waals surface area contributed by atoms with Gasteiger partial charge in [-0.2, -0.15) is 0 Å². The molecular formula is C19H23ClN3O2S+. The molecule has 0 radical (unpaired) electrons. The molecule has 0 aromatic heterocycles. The quantitative estimate of drug-likeness (QED) is 0.819. The summed E-state index contributed by atoms with van der Waals surface area (Å²) in [6.45, 7) is 3.89. The van der Waals surface area contributed by atoms with Crippen LogP contribution in [0.1, 0.15) is 5.56 Å². The van der Waals surface area contributed by atoms with Crippen LogP contribution >= 0.6 is 11.6 Å². The first-order valence-corrected chi connectivity index (χ1v) is 10.5. The molecule has 2 N–H and O–H groups in total. The summed E-state index contributed by atoms with van der Waals surface area (Å²) in [5.74, 6) is 0. The number of hydrogen-bond acceptors (Lipinski definition) is 3. The number of sulfonamides is 1. The summed E-state index contributed by atoms with van der Waals surface area (Å²) in [4.78, 5) is 3.72. The van der Waals surface area contributed by atoms with E-state index in [9.17, 15) is 8.42 Å². The minimum absolute atomic E-state index is 0.604. The van der Waals surface area contributed by atoms with Gasteiger partial charge in [0.05, 0.1) is 50.0 Å². The van der Waals surface area contributed by atoms with Gasteiger partial charge in [0, 0.05) is 5.02 Å². The van der Waals surface area contributed by atoms with E-state index in [0.29, 0.717) is 10.7 Å². The minimum atomic E-state index is -3.61. The van der Waals surface area contributed by atoms with E-state index in [1.54, 1.807) is 36.4 Å². The fourth-order valence-electron chi connectivity index (χ4n) is 2.89. The van der Waals surface area contributed by atoms with Crippen LogP contribution < -0.4 is 14.5 Å². The van der Waals surface area contributed by atoms with Crippen molar-refractivity contribution in [3.8, 4) is 0 Å². The number of benzene rings is 2. The first-order valence-electron chi connectivity index (χ1n) is 8.55. The summed E-state index contributed by atoms with van der Waals surface area (Å²) in [5.41, 5.74) is 2.30. The largest absolute Gasteiger partial charge is 0.359 e. The summed E-state index contributed by atoms with van der Waals surface area (Å²) in [6, 6.07) is 14.5. The minimum Gasteiger partial charge on any atom is -0.359 e. The standard InChI is InChI=1S/C19H22ClN3O2S/c1-22-11-13-23(14-12-22)19-5-3-2-4-18(19)21-26(24,25)15-10-16-6-8-17(20)9-7-16/h2-10,15,21H,11-14H2,1H3/p+1/b15-10+. The summed E-state index contributed by atoms with van der Waals surface area (Å²) >= 11 is 5.85. The van der Waals surface area contributed by atoms with E-state index in [1.807, 2.05) is 18.2 Å². The second kappa shape index (κ2) is 8.12. The van der Waals surface area contributed by atoms with Gasteiger partial charge in [-0.05, 0) is 35.9 Å². The molecule has 1 fully saturated rings. The number of rotatable bonds is 5. The summed E-state index contributed by atoms with van der Waals surface area (Å²) in [6.07, 6.45) is 1.56. The van der Waals surface area contributed by atoms with Gasteiger partial charge in [0.25, 0.3) is 10.0 Å². The van der Waals surface area contributed by atoms with Gasteiger partial charge in [-0.1, -0.05) is 35.9 Å². The van der Waals surface area contributed by atoms with Crippen LogP contribution in [-0.2, 0) is 10.0 Å². The molecule has 3 rings (SSSR count). The lowest BCUT2D eigenvalue weighted by atomic mass is 10.2. The molecule has 138 valence electrons. The number of para-hydroxylation sites is 2. The summed E-state index contributed by atoms with van der Waals surface area (Å²) in [7, 11) is -1.44. The summed E-state index contributed by atoms with van der Waals surface area (Å²) < 4.78 is 27.6. The maximum atomic E-state index is 12.5. The number of nitrogens with zero attached hydrogens (tertiary/aromatic N) is 1. The highest BCUT2D eigenvalue weighted by atomic mass is 35.5.